The number of nitrogens with zero attached hydrogens (tertiary/aromatic N) is 2. The van der Waals surface area contributed by atoms with E-state index in [0.717, 1.165) is 35.7 Å². The lowest BCUT2D eigenvalue weighted by atomic mass is 10.0. The molecule has 2 heterocycles. The Morgan fingerprint density at radius 1 is 1.36 bits per heavy atom. The quantitative estimate of drug-likeness (QED) is 0.901. The smallest absolute Gasteiger partial charge is 0.407 e. The highest BCUT2D eigenvalue weighted by Crippen LogP contribution is 2.25. The normalized spacial score (nSPS) is 18.2. The SMILES string of the molecule is O=C(O)N1CCCCC1CNc1nc(-c2ccccc2)cs1. The fourth-order valence-electron chi connectivity index (χ4n) is 2.77. The van der Waals surface area contributed by atoms with E-state index < -0.39 is 6.09 Å². The van der Waals surface area contributed by atoms with Gasteiger partial charge in [0, 0.05) is 24.0 Å². The molecule has 2 N–H and O–H groups in total. The molecule has 2 aromatic rings. The summed E-state index contributed by atoms with van der Waals surface area (Å²) in [5, 5.41) is 15.4. The minimum absolute atomic E-state index is 0.0373. The Morgan fingerprint density at radius 2 is 2.18 bits per heavy atom. The number of benzene rings is 1. The Labute approximate surface area is 133 Å². The van der Waals surface area contributed by atoms with Gasteiger partial charge in [-0.25, -0.2) is 9.78 Å². The first-order valence-corrected chi connectivity index (χ1v) is 8.36. The van der Waals surface area contributed by atoms with Crippen molar-refractivity contribution in [3.05, 3.63) is 35.7 Å². The van der Waals surface area contributed by atoms with E-state index in [4.69, 9.17) is 0 Å². The summed E-state index contributed by atoms with van der Waals surface area (Å²) in [6.45, 7) is 1.25. The van der Waals surface area contributed by atoms with Crippen molar-refractivity contribution in [2.24, 2.45) is 0 Å². The first kappa shape index (κ1) is 14.8. The van der Waals surface area contributed by atoms with E-state index in [1.807, 2.05) is 35.7 Å². The van der Waals surface area contributed by atoms with Crippen LogP contribution in [0.25, 0.3) is 11.3 Å². The van der Waals surface area contributed by atoms with Crippen molar-refractivity contribution in [1.29, 1.82) is 0 Å². The molecule has 6 heteroatoms. The van der Waals surface area contributed by atoms with Crippen molar-refractivity contribution in [2.45, 2.75) is 25.3 Å². The monoisotopic (exact) mass is 317 g/mol. The molecule has 1 aromatic carbocycles. The number of anilines is 1. The zero-order valence-electron chi connectivity index (χ0n) is 12.2. The van der Waals surface area contributed by atoms with Crippen LogP contribution >= 0.6 is 11.3 Å². The topological polar surface area (TPSA) is 65.5 Å². The van der Waals surface area contributed by atoms with Gasteiger partial charge in [-0.2, -0.15) is 0 Å². The van der Waals surface area contributed by atoms with Gasteiger partial charge in [0.05, 0.1) is 11.7 Å². The maximum absolute atomic E-state index is 11.3. The Hall–Kier alpha value is -2.08. The van der Waals surface area contributed by atoms with E-state index in [9.17, 15) is 9.90 Å². The maximum Gasteiger partial charge on any atom is 0.407 e. The molecule has 1 amide bonds. The van der Waals surface area contributed by atoms with Crippen LogP contribution in [0, 0.1) is 0 Å². The van der Waals surface area contributed by atoms with E-state index in [-0.39, 0.29) is 6.04 Å². The highest BCUT2D eigenvalue weighted by Gasteiger charge is 2.26. The second kappa shape index (κ2) is 6.79. The summed E-state index contributed by atoms with van der Waals surface area (Å²) >= 11 is 1.55. The van der Waals surface area contributed by atoms with Gasteiger partial charge >= 0.3 is 6.09 Å². The van der Waals surface area contributed by atoms with E-state index >= 15 is 0 Å². The number of hydrogen-bond donors (Lipinski definition) is 2. The Morgan fingerprint density at radius 3 is 2.95 bits per heavy atom. The second-order valence-corrected chi connectivity index (χ2v) is 6.27. The Kier molecular flexibility index (Phi) is 4.58. The predicted molar refractivity (Wildman–Crippen MR) is 88.4 cm³/mol. The molecule has 1 unspecified atom stereocenters. The average Bonchev–Trinajstić information content (AvgIpc) is 3.03. The highest BCUT2D eigenvalue weighted by molar-refractivity contribution is 7.14. The van der Waals surface area contributed by atoms with E-state index in [2.05, 4.69) is 10.3 Å². The van der Waals surface area contributed by atoms with Crippen molar-refractivity contribution >= 4 is 22.6 Å². The standard InChI is InChI=1S/C16H19N3O2S/c20-16(21)19-9-5-4-8-13(19)10-17-15-18-14(11-22-15)12-6-2-1-3-7-12/h1-3,6-7,11,13H,4-5,8-10H2,(H,17,18)(H,20,21). The number of amides is 1. The molecule has 1 atom stereocenters. The summed E-state index contributed by atoms with van der Waals surface area (Å²) in [4.78, 5) is 17.4. The van der Waals surface area contributed by atoms with Gasteiger partial charge in [0.1, 0.15) is 0 Å². The largest absolute Gasteiger partial charge is 0.465 e. The fourth-order valence-corrected chi connectivity index (χ4v) is 3.50. The molecular weight excluding hydrogens is 298 g/mol. The van der Waals surface area contributed by atoms with Gasteiger partial charge in [-0.3, -0.25) is 0 Å². The van der Waals surface area contributed by atoms with Crippen LogP contribution in [-0.4, -0.2) is 40.2 Å². The van der Waals surface area contributed by atoms with Crippen LogP contribution in [0.4, 0.5) is 9.93 Å². The lowest BCUT2D eigenvalue weighted by Gasteiger charge is -2.33. The minimum atomic E-state index is -0.824. The Balaban J connectivity index is 1.62. The van der Waals surface area contributed by atoms with Gasteiger partial charge < -0.3 is 15.3 Å². The molecular formula is C16H19N3O2S. The number of carbonyl (C=O) groups is 1. The van der Waals surface area contributed by atoms with Crippen LogP contribution in [0.1, 0.15) is 19.3 Å². The molecule has 5 nitrogen and oxygen atoms in total. The van der Waals surface area contributed by atoms with Gasteiger partial charge in [0.25, 0.3) is 0 Å². The molecule has 0 radical (unpaired) electrons. The van der Waals surface area contributed by atoms with Crippen molar-refractivity contribution in [3.63, 3.8) is 0 Å². The third kappa shape index (κ3) is 3.39. The van der Waals surface area contributed by atoms with Gasteiger partial charge in [0.15, 0.2) is 5.13 Å². The molecule has 1 saturated heterocycles. The summed E-state index contributed by atoms with van der Waals surface area (Å²) in [7, 11) is 0. The van der Waals surface area contributed by atoms with Crippen LogP contribution in [-0.2, 0) is 0 Å². The number of thiazole rings is 1. The molecule has 0 aliphatic carbocycles. The van der Waals surface area contributed by atoms with Crippen molar-refractivity contribution < 1.29 is 9.90 Å². The third-order valence-corrected chi connectivity index (χ3v) is 4.74. The number of rotatable bonds is 4. The highest BCUT2D eigenvalue weighted by atomic mass is 32.1. The first-order valence-electron chi connectivity index (χ1n) is 7.48. The number of aromatic nitrogens is 1. The minimum Gasteiger partial charge on any atom is -0.465 e. The van der Waals surface area contributed by atoms with Gasteiger partial charge in [-0.15, -0.1) is 11.3 Å². The molecule has 0 bridgehead atoms. The summed E-state index contributed by atoms with van der Waals surface area (Å²) in [6.07, 6.45) is 2.13. The molecule has 22 heavy (non-hydrogen) atoms. The molecule has 3 rings (SSSR count). The van der Waals surface area contributed by atoms with Crippen molar-refractivity contribution in [2.75, 3.05) is 18.4 Å². The molecule has 0 spiro atoms. The molecule has 1 aliphatic rings. The molecule has 1 aliphatic heterocycles. The van der Waals surface area contributed by atoms with Gasteiger partial charge in [-0.05, 0) is 19.3 Å². The van der Waals surface area contributed by atoms with E-state index in [1.165, 1.54) is 0 Å². The van der Waals surface area contributed by atoms with Crippen LogP contribution in [0.2, 0.25) is 0 Å². The first-order chi connectivity index (χ1) is 10.7. The van der Waals surface area contributed by atoms with Gasteiger partial charge in [-0.1, -0.05) is 30.3 Å². The van der Waals surface area contributed by atoms with E-state index in [1.54, 1.807) is 16.2 Å². The zero-order valence-corrected chi connectivity index (χ0v) is 13.1. The number of carboxylic acid groups (broad SMARTS) is 1. The lowest BCUT2D eigenvalue weighted by Crippen LogP contribution is -2.46. The summed E-state index contributed by atoms with van der Waals surface area (Å²) < 4.78 is 0. The maximum atomic E-state index is 11.3. The summed E-state index contributed by atoms with van der Waals surface area (Å²) in [6, 6.07) is 10.1. The third-order valence-electron chi connectivity index (χ3n) is 3.94. The Bertz CT molecular complexity index is 629. The van der Waals surface area contributed by atoms with E-state index in [0.29, 0.717) is 13.1 Å². The lowest BCUT2D eigenvalue weighted by molar-refractivity contribution is 0.110. The van der Waals surface area contributed by atoms with Crippen LogP contribution in [0.5, 0.6) is 0 Å². The van der Waals surface area contributed by atoms with Crippen LogP contribution in [0.15, 0.2) is 35.7 Å². The number of likely N-dealkylation sites (tertiary alicyclic amines) is 1. The summed E-state index contributed by atoms with van der Waals surface area (Å²) in [5.41, 5.74) is 2.04. The average molecular weight is 317 g/mol. The fraction of sp³-hybridized carbons (Fsp3) is 0.375. The molecule has 116 valence electrons. The van der Waals surface area contributed by atoms with Gasteiger partial charge in [0.2, 0.25) is 0 Å². The number of hydrogen-bond acceptors (Lipinski definition) is 4. The van der Waals surface area contributed by atoms with Crippen LogP contribution < -0.4 is 5.32 Å². The van der Waals surface area contributed by atoms with Crippen molar-refractivity contribution in [1.82, 2.24) is 9.88 Å². The van der Waals surface area contributed by atoms with Crippen LogP contribution in [0.3, 0.4) is 0 Å². The van der Waals surface area contributed by atoms with Crippen molar-refractivity contribution in [3.8, 4) is 11.3 Å². The molecule has 1 aromatic heterocycles. The predicted octanol–water partition coefficient (Wildman–Crippen LogP) is 3.75. The number of piperidine rings is 1. The molecule has 0 saturated carbocycles. The second-order valence-electron chi connectivity index (χ2n) is 5.41. The number of nitrogens with one attached hydrogen (secondary N) is 1. The zero-order chi connectivity index (χ0) is 15.4. The summed E-state index contributed by atoms with van der Waals surface area (Å²) in [5.74, 6) is 0. The molecule has 1 fully saturated rings.